The molecular formula is C16H20BrN3O. The Kier molecular flexibility index (Phi) is 4.83. The number of nitrogens with one attached hydrogen (secondary N) is 1. The fourth-order valence-electron chi connectivity index (χ4n) is 2.26. The van der Waals surface area contributed by atoms with Gasteiger partial charge in [-0.1, -0.05) is 29.8 Å². The van der Waals surface area contributed by atoms with Crippen molar-refractivity contribution in [3.05, 3.63) is 39.6 Å². The molecule has 1 aromatic carbocycles. The number of hydrogen-bond donors (Lipinski definition) is 1. The van der Waals surface area contributed by atoms with E-state index in [1.54, 1.807) is 0 Å². The summed E-state index contributed by atoms with van der Waals surface area (Å²) in [5.74, 6) is 2.46. The molecule has 0 radical (unpaired) electrons. The van der Waals surface area contributed by atoms with Gasteiger partial charge in [0.05, 0.1) is 5.56 Å². The summed E-state index contributed by atoms with van der Waals surface area (Å²) >= 11 is 3.57. The fourth-order valence-corrected chi connectivity index (χ4v) is 2.49. The lowest BCUT2D eigenvalue weighted by Crippen LogP contribution is -2.04. The maximum Gasteiger partial charge on any atom is 0.227 e. The topological polar surface area (TPSA) is 47.0 Å². The van der Waals surface area contributed by atoms with Gasteiger partial charge in [0.2, 0.25) is 5.88 Å². The number of aryl methyl sites for hydroxylation is 2. The Morgan fingerprint density at radius 3 is 2.29 bits per heavy atom. The Labute approximate surface area is 134 Å². The first-order valence-corrected chi connectivity index (χ1v) is 7.70. The number of aromatic nitrogens is 2. The molecule has 0 unspecified atom stereocenters. The van der Waals surface area contributed by atoms with Crippen LogP contribution >= 0.6 is 15.9 Å². The van der Waals surface area contributed by atoms with Crippen LogP contribution in [0.5, 0.6) is 11.6 Å². The van der Waals surface area contributed by atoms with Gasteiger partial charge in [0.15, 0.2) is 0 Å². The minimum atomic E-state index is 0.265. The number of rotatable bonds is 4. The van der Waals surface area contributed by atoms with Crippen LogP contribution in [0.4, 0.5) is 5.82 Å². The Morgan fingerprint density at radius 2 is 1.76 bits per heavy atom. The molecule has 4 nitrogen and oxygen atoms in total. The van der Waals surface area contributed by atoms with Crippen molar-refractivity contribution < 1.29 is 4.74 Å². The molecule has 1 N–H and O–H groups in total. The average Bonchev–Trinajstić information content (AvgIpc) is 2.44. The lowest BCUT2D eigenvalue weighted by molar-refractivity contribution is 0.451. The van der Waals surface area contributed by atoms with Crippen LogP contribution in [0.25, 0.3) is 0 Å². The van der Waals surface area contributed by atoms with Gasteiger partial charge in [0.25, 0.3) is 0 Å². The number of anilines is 1. The highest BCUT2D eigenvalue weighted by Crippen LogP contribution is 2.34. The van der Waals surface area contributed by atoms with Gasteiger partial charge in [-0.3, -0.25) is 0 Å². The first-order valence-electron chi connectivity index (χ1n) is 6.91. The Morgan fingerprint density at radius 1 is 1.14 bits per heavy atom. The van der Waals surface area contributed by atoms with Crippen molar-refractivity contribution in [3.8, 4) is 11.6 Å². The molecule has 0 aliphatic carbocycles. The van der Waals surface area contributed by atoms with E-state index >= 15 is 0 Å². The predicted octanol–water partition coefficient (Wildman–Crippen LogP) is 4.81. The van der Waals surface area contributed by atoms with Crippen LogP contribution < -0.4 is 10.1 Å². The minimum Gasteiger partial charge on any atom is -0.439 e. The van der Waals surface area contributed by atoms with E-state index in [9.17, 15) is 0 Å². The first-order chi connectivity index (χ1) is 9.93. The number of ether oxygens (including phenoxy) is 1. The van der Waals surface area contributed by atoms with E-state index in [1.165, 1.54) is 6.33 Å². The third-order valence-electron chi connectivity index (χ3n) is 3.29. The Hall–Kier alpha value is -1.62. The summed E-state index contributed by atoms with van der Waals surface area (Å²) in [7, 11) is 1.85. The summed E-state index contributed by atoms with van der Waals surface area (Å²) in [4.78, 5) is 8.56. The smallest absolute Gasteiger partial charge is 0.227 e. The van der Waals surface area contributed by atoms with E-state index in [1.807, 2.05) is 33.0 Å². The van der Waals surface area contributed by atoms with E-state index in [0.717, 1.165) is 32.7 Å². The summed E-state index contributed by atoms with van der Waals surface area (Å²) < 4.78 is 7.13. The molecule has 0 atom stereocenters. The highest BCUT2D eigenvalue weighted by atomic mass is 79.9. The van der Waals surface area contributed by atoms with Crippen molar-refractivity contribution in [2.45, 2.75) is 33.6 Å². The molecule has 21 heavy (non-hydrogen) atoms. The third-order valence-corrected chi connectivity index (χ3v) is 4.54. The van der Waals surface area contributed by atoms with Gasteiger partial charge in [-0.15, -0.1) is 0 Å². The second-order valence-corrected chi connectivity index (χ2v) is 6.11. The Balaban J connectivity index is 2.44. The van der Waals surface area contributed by atoms with Crippen molar-refractivity contribution in [1.29, 1.82) is 0 Å². The third kappa shape index (κ3) is 3.35. The summed E-state index contributed by atoms with van der Waals surface area (Å²) in [6, 6.07) is 4.00. The molecule has 0 fully saturated rings. The highest BCUT2D eigenvalue weighted by Gasteiger charge is 2.16. The van der Waals surface area contributed by atoms with Crippen molar-refractivity contribution in [3.63, 3.8) is 0 Å². The number of benzene rings is 1. The van der Waals surface area contributed by atoms with Crippen LogP contribution in [-0.4, -0.2) is 17.0 Å². The molecule has 0 saturated heterocycles. The molecule has 0 amide bonds. The van der Waals surface area contributed by atoms with Gasteiger partial charge in [0, 0.05) is 11.5 Å². The zero-order chi connectivity index (χ0) is 15.6. The zero-order valence-electron chi connectivity index (χ0n) is 13.0. The molecular weight excluding hydrogens is 330 g/mol. The molecule has 0 spiro atoms. The average molecular weight is 350 g/mol. The molecule has 1 aromatic heterocycles. The lowest BCUT2D eigenvalue weighted by atomic mass is 10.1. The van der Waals surface area contributed by atoms with E-state index in [-0.39, 0.29) is 5.92 Å². The maximum absolute atomic E-state index is 6.02. The van der Waals surface area contributed by atoms with Crippen molar-refractivity contribution >= 4 is 21.7 Å². The van der Waals surface area contributed by atoms with Crippen molar-refractivity contribution in [2.75, 3.05) is 12.4 Å². The van der Waals surface area contributed by atoms with E-state index in [2.05, 4.69) is 45.1 Å². The largest absolute Gasteiger partial charge is 0.439 e. The lowest BCUT2D eigenvalue weighted by Gasteiger charge is -2.16. The highest BCUT2D eigenvalue weighted by molar-refractivity contribution is 9.10. The van der Waals surface area contributed by atoms with Crippen LogP contribution in [-0.2, 0) is 0 Å². The molecule has 112 valence electrons. The fraction of sp³-hybridized carbons (Fsp3) is 0.375. The second kappa shape index (κ2) is 6.43. The molecule has 0 saturated carbocycles. The van der Waals surface area contributed by atoms with Crippen LogP contribution in [0.15, 0.2) is 22.9 Å². The maximum atomic E-state index is 6.02. The second-order valence-electron chi connectivity index (χ2n) is 5.32. The van der Waals surface area contributed by atoms with Crippen LogP contribution in [0.3, 0.4) is 0 Å². The van der Waals surface area contributed by atoms with Gasteiger partial charge < -0.3 is 10.1 Å². The minimum absolute atomic E-state index is 0.265. The van der Waals surface area contributed by atoms with Gasteiger partial charge in [-0.2, -0.15) is 0 Å². The van der Waals surface area contributed by atoms with Gasteiger partial charge in [-0.25, -0.2) is 9.97 Å². The summed E-state index contributed by atoms with van der Waals surface area (Å²) in [5, 5.41) is 3.10. The van der Waals surface area contributed by atoms with Gasteiger partial charge in [-0.05, 0) is 43.0 Å². The molecule has 2 rings (SSSR count). The summed E-state index contributed by atoms with van der Waals surface area (Å²) in [5.41, 5.74) is 3.26. The van der Waals surface area contributed by atoms with Gasteiger partial charge in [0.1, 0.15) is 17.9 Å². The van der Waals surface area contributed by atoms with E-state index in [4.69, 9.17) is 4.74 Å². The van der Waals surface area contributed by atoms with Crippen LogP contribution in [0.1, 0.15) is 36.5 Å². The molecule has 0 bridgehead atoms. The van der Waals surface area contributed by atoms with Crippen molar-refractivity contribution in [1.82, 2.24) is 9.97 Å². The summed E-state index contributed by atoms with van der Waals surface area (Å²) in [6.07, 6.45) is 1.52. The van der Waals surface area contributed by atoms with E-state index in [0.29, 0.717) is 5.88 Å². The molecule has 0 aliphatic rings. The van der Waals surface area contributed by atoms with Crippen molar-refractivity contribution in [2.24, 2.45) is 0 Å². The first kappa shape index (κ1) is 15.8. The standard InChI is InChI=1S/C16H20BrN3O/c1-9(2)13-15(18-5)19-8-20-16(13)21-12-6-10(3)14(17)11(4)7-12/h6-9H,1-5H3,(H,18,19,20). The van der Waals surface area contributed by atoms with Crippen LogP contribution in [0, 0.1) is 13.8 Å². The molecule has 0 aliphatic heterocycles. The summed E-state index contributed by atoms with van der Waals surface area (Å²) in [6.45, 7) is 8.30. The number of nitrogens with zero attached hydrogens (tertiary/aromatic N) is 2. The number of halogens is 1. The molecule has 1 heterocycles. The normalized spacial score (nSPS) is 10.8. The predicted molar refractivity (Wildman–Crippen MR) is 89.4 cm³/mol. The zero-order valence-corrected chi connectivity index (χ0v) is 14.6. The van der Waals surface area contributed by atoms with E-state index < -0.39 is 0 Å². The van der Waals surface area contributed by atoms with Crippen LogP contribution in [0.2, 0.25) is 0 Å². The SMILES string of the molecule is CNc1ncnc(Oc2cc(C)c(Br)c(C)c2)c1C(C)C. The van der Waals surface area contributed by atoms with Gasteiger partial charge >= 0.3 is 0 Å². The Bertz CT molecular complexity index is 633. The number of hydrogen-bond acceptors (Lipinski definition) is 4. The molecule has 5 heteroatoms. The molecule has 2 aromatic rings. The monoisotopic (exact) mass is 349 g/mol. The quantitative estimate of drug-likeness (QED) is 0.859.